The number of hydrogen-bond acceptors (Lipinski definition) is 2. The zero-order valence-corrected chi connectivity index (χ0v) is 11.3. The van der Waals surface area contributed by atoms with Gasteiger partial charge in [0.2, 0.25) is 0 Å². The highest BCUT2D eigenvalue weighted by molar-refractivity contribution is 5.82. The van der Waals surface area contributed by atoms with Crippen LogP contribution in [0.1, 0.15) is 46.0 Å². The topological polar surface area (TPSA) is 69.6 Å². The Kier molecular flexibility index (Phi) is 5.95. The van der Waals surface area contributed by atoms with Crippen LogP contribution in [0.4, 0.5) is 4.79 Å². The van der Waals surface area contributed by atoms with Crippen LogP contribution < -0.4 is 5.32 Å². The number of carbonyl (C=O) groups excluding carboxylic acids is 1. The summed E-state index contributed by atoms with van der Waals surface area (Å²) in [7, 11) is 0. The molecule has 1 rings (SSSR count). The molecule has 1 heterocycles. The number of likely N-dealkylation sites (tertiary alicyclic amines) is 1. The van der Waals surface area contributed by atoms with Gasteiger partial charge in [0, 0.05) is 13.1 Å². The number of nitrogens with zero attached hydrogens (tertiary/aromatic N) is 1. The maximum Gasteiger partial charge on any atom is 0.326 e. The zero-order chi connectivity index (χ0) is 13.5. The van der Waals surface area contributed by atoms with Crippen molar-refractivity contribution in [1.82, 2.24) is 10.2 Å². The molecule has 1 saturated heterocycles. The number of aliphatic carboxylic acids is 1. The number of carbonyl (C=O) groups is 2. The number of nitrogens with one attached hydrogen (secondary N) is 1. The van der Waals surface area contributed by atoms with Gasteiger partial charge in [-0.1, -0.05) is 20.3 Å². The highest BCUT2D eigenvalue weighted by Crippen LogP contribution is 2.20. The summed E-state index contributed by atoms with van der Waals surface area (Å²) in [5, 5.41) is 11.5. The second-order valence-corrected chi connectivity index (χ2v) is 4.94. The van der Waals surface area contributed by atoms with Gasteiger partial charge in [-0.25, -0.2) is 9.59 Å². The van der Waals surface area contributed by atoms with Crippen LogP contribution in [0.25, 0.3) is 0 Å². The van der Waals surface area contributed by atoms with Crippen molar-refractivity contribution in [3.05, 3.63) is 0 Å². The predicted molar refractivity (Wildman–Crippen MR) is 69.5 cm³/mol. The van der Waals surface area contributed by atoms with Crippen LogP contribution in [0.3, 0.4) is 0 Å². The van der Waals surface area contributed by atoms with E-state index in [-0.39, 0.29) is 6.03 Å². The van der Waals surface area contributed by atoms with E-state index in [1.54, 1.807) is 11.8 Å². The fraction of sp³-hybridized carbons (Fsp3) is 0.846. The number of urea groups is 1. The predicted octanol–water partition coefficient (Wildman–Crippen LogP) is 2.07. The number of carboxylic acids is 1. The van der Waals surface area contributed by atoms with Gasteiger partial charge in [0.25, 0.3) is 0 Å². The molecule has 0 aromatic carbocycles. The average Bonchev–Trinajstić information content (AvgIpc) is 2.60. The Hall–Kier alpha value is -1.26. The number of hydrogen-bond donors (Lipinski definition) is 2. The normalized spacial score (nSPS) is 22.1. The van der Waals surface area contributed by atoms with E-state index < -0.39 is 12.0 Å². The summed E-state index contributed by atoms with van der Waals surface area (Å²) in [5.41, 5.74) is 0. The lowest BCUT2D eigenvalue weighted by Crippen LogP contribution is -2.48. The average molecular weight is 256 g/mol. The molecule has 1 fully saturated rings. The molecular formula is C13H24N2O3. The summed E-state index contributed by atoms with van der Waals surface area (Å²) in [6, 6.07) is -1.01. The summed E-state index contributed by atoms with van der Waals surface area (Å²) in [6.45, 7) is 5.41. The van der Waals surface area contributed by atoms with Crippen molar-refractivity contribution in [1.29, 1.82) is 0 Å². The third kappa shape index (κ3) is 4.20. The SMILES string of the molecule is CCC1CCCN(C(=O)N[C@@H](CC)C(=O)O)CC1. The van der Waals surface area contributed by atoms with Crippen LogP contribution in [0.15, 0.2) is 0 Å². The van der Waals surface area contributed by atoms with E-state index in [1.165, 1.54) is 0 Å². The van der Waals surface area contributed by atoms with E-state index >= 15 is 0 Å². The fourth-order valence-corrected chi connectivity index (χ4v) is 2.36. The molecule has 5 nitrogen and oxygen atoms in total. The summed E-state index contributed by atoms with van der Waals surface area (Å²) >= 11 is 0. The Bertz CT molecular complexity index is 294. The van der Waals surface area contributed by atoms with Gasteiger partial charge in [0.15, 0.2) is 0 Å². The quantitative estimate of drug-likeness (QED) is 0.809. The molecule has 0 radical (unpaired) electrons. The van der Waals surface area contributed by atoms with Crippen LogP contribution in [0.5, 0.6) is 0 Å². The molecular weight excluding hydrogens is 232 g/mol. The molecule has 0 saturated carbocycles. The Morgan fingerprint density at radius 3 is 2.61 bits per heavy atom. The molecule has 0 aromatic rings. The van der Waals surface area contributed by atoms with Crippen molar-refractivity contribution in [3.63, 3.8) is 0 Å². The Balaban J connectivity index is 2.48. The van der Waals surface area contributed by atoms with E-state index in [1.807, 2.05) is 0 Å². The van der Waals surface area contributed by atoms with Gasteiger partial charge < -0.3 is 15.3 Å². The fourth-order valence-electron chi connectivity index (χ4n) is 2.36. The molecule has 0 spiro atoms. The first-order valence-corrected chi connectivity index (χ1v) is 6.86. The maximum atomic E-state index is 12.0. The lowest BCUT2D eigenvalue weighted by molar-refractivity contribution is -0.139. The van der Waals surface area contributed by atoms with Crippen LogP contribution >= 0.6 is 0 Å². The van der Waals surface area contributed by atoms with Crippen molar-refractivity contribution >= 4 is 12.0 Å². The molecule has 104 valence electrons. The Labute approximate surface area is 109 Å². The monoisotopic (exact) mass is 256 g/mol. The summed E-state index contributed by atoms with van der Waals surface area (Å²) in [4.78, 5) is 24.6. The van der Waals surface area contributed by atoms with Gasteiger partial charge in [0.05, 0.1) is 0 Å². The standard InChI is InChI=1S/C13H24N2O3/c1-3-10-6-5-8-15(9-7-10)13(18)14-11(4-2)12(16)17/h10-11H,3-9H2,1-2H3,(H,14,18)(H,16,17)/t10?,11-/m0/s1. The number of carboxylic acid groups (broad SMARTS) is 1. The van der Waals surface area contributed by atoms with Crippen LogP contribution in [-0.4, -0.2) is 41.1 Å². The second kappa shape index (κ2) is 7.24. The molecule has 1 unspecified atom stereocenters. The summed E-state index contributed by atoms with van der Waals surface area (Å²) < 4.78 is 0. The van der Waals surface area contributed by atoms with E-state index in [9.17, 15) is 9.59 Å². The molecule has 2 atom stereocenters. The first kappa shape index (κ1) is 14.8. The highest BCUT2D eigenvalue weighted by atomic mass is 16.4. The minimum atomic E-state index is -0.966. The lowest BCUT2D eigenvalue weighted by Gasteiger charge is -2.23. The number of amides is 2. The molecule has 2 N–H and O–H groups in total. The van der Waals surface area contributed by atoms with Crippen molar-refractivity contribution in [3.8, 4) is 0 Å². The summed E-state index contributed by atoms with van der Waals surface area (Å²) in [6.07, 6.45) is 4.76. The van der Waals surface area contributed by atoms with E-state index in [4.69, 9.17) is 5.11 Å². The van der Waals surface area contributed by atoms with Gasteiger partial charge >= 0.3 is 12.0 Å². The van der Waals surface area contributed by atoms with Gasteiger partial charge in [-0.15, -0.1) is 0 Å². The largest absolute Gasteiger partial charge is 0.480 e. The van der Waals surface area contributed by atoms with Crippen molar-refractivity contribution < 1.29 is 14.7 Å². The smallest absolute Gasteiger partial charge is 0.326 e. The molecule has 0 bridgehead atoms. The van der Waals surface area contributed by atoms with Gasteiger partial charge in [0.1, 0.15) is 6.04 Å². The molecule has 0 aromatic heterocycles. The molecule has 18 heavy (non-hydrogen) atoms. The minimum absolute atomic E-state index is 0.235. The van der Waals surface area contributed by atoms with E-state index in [0.717, 1.165) is 38.8 Å². The zero-order valence-electron chi connectivity index (χ0n) is 11.3. The van der Waals surface area contributed by atoms with Gasteiger partial charge in [-0.2, -0.15) is 0 Å². The van der Waals surface area contributed by atoms with Crippen LogP contribution in [-0.2, 0) is 4.79 Å². The third-order valence-electron chi connectivity index (χ3n) is 3.72. The first-order chi connectivity index (χ1) is 8.58. The van der Waals surface area contributed by atoms with Crippen molar-refractivity contribution in [2.75, 3.05) is 13.1 Å². The van der Waals surface area contributed by atoms with Crippen LogP contribution in [0, 0.1) is 5.92 Å². The van der Waals surface area contributed by atoms with Crippen molar-refractivity contribution in [2.45, 2.75) is 52.0 Å². The molecule has 0 aliphatic carbocycles. The van der Waals surface area contributed by atoms with E-state index in [0.29, 0.717) is 12.3 Å². The molecule has 2 amide bonds. The molecule has 1 aliphatic rings. The van der Waals surface area contributed by atoms with Gasteiger partial charge in [-0.3, -0.25) is 0 Å². The highest BCUT2D eigenvalue weighted by Gasteiger charge is 2.23. The van der Waals surface area contributed by atoms with E-state index in [2.05, 4.69) is 12.2 Å². The Morgan fingerprint density at radius 1 is 1.33 bits per heavy atom. The number of rotatable bonds is 4. The van der Waals surface area contributed by atoms with Crippen LogP contribution in [0.2, 0.25) is 0 Å². The third-order valence-corrected chi connectivity index (χ3v) is 3.72. The maximum absolute atomic E-state index is 12.0. The Morgan fingerprint density at radius 2 is 2.06 bits per heavy atom. The first-order valence-electron chi connectivity index (χ1n) is 6.86. The lowest BCUT2D eigenvalue weighted by atomic mass is 9.98. The summed E-state index contributed by atoms with van der Waals surface area (Å²) in [5.74, 6) is -0.267. The van der Waals surface area contributed by atoms with Crippen molar-refractivity contribution in [2.24, 2.45) is 5.92 Å². The molecule has 5 heteroatoms. The minimum Gasteiger partial charge on any atom is -0.480 e. The van der Waals surface area contributed by atoms with Gasteiger partial charge in [-0.05, 0) is 31.6 Å². The molecule has 1 aliphatic heterocycles. The second-order valence-electron chi connectivity index (χ2n) is 4.94.